The second kappa shape index (κ2) is 15.2. The van der Waals surface area contributed by atoms with Crippen molar-refractivity contribution in [1.29, 1.82) is 0 Å². The molecular formula is C28H52O6Si5. The maximum atomic E-state index is 11.9. The van der Waals surface area contributed by atoms with Gasteiger partial charge in [-0.1, -0.05) is 48.3 Å². The number of benzene rings is 1. The van der Waals surface area contributed by atoms with Gasteiger partial charge in [-0.05, 0) is 96.2 Å². The van der Waals surface area contributed by atoms with E-state index in [0.29, 0.717) is 24.6 Å². The number of esters is 1. The average molecular weight is 625 g/mol. The van der Waals surface area contributed by atoms with Crippen molar-refractivity contribution in [1.82, 2.24) is 0 Å². The number of rotatable bonds is 19. The van der Waals surface area contributed by atoms with Crippen LogP contribution in [0.25, 0.3) is 0 Å². The Kier molecular flexibility index (Phi) is 14.0. The van der Waals surface area contributed by atoms with Gasteiger partial charge in [-0.2, -0.15) is 0 Å². The summed E-state index contributed by atoms with van der Waals surface area (Å²) in [6.07, 6.45) is 2.54. The number of hydrogen-bond donors (Lipinski definition) is 0. The smallest absolute Gasteiger partial charge is 0.333 e. The second-order valence-electron chi connectivity index (χ2n) is 12.0. The molecule has 0 aromatic heterocycles. The van der Waals surface area contributed by atoms with E-state index in [-0.39, 0.29) is 5.97 Å². The summed E-state index contributed by atoms with van der Waals surface area (Å²) >= 11 is 0. The van der Waals surface area contributed by atoms with Gasteiger partial charge in [0.2, 0.25) is 0 Å². The van der Waals surface area contributed by atoms with E-state index in [4.69, 9.17) is 21.2 Å². The van der Waals surface area contributed by atoms with Crippen LogP contribution in [0, 0.1) is 0 Å². The van der Waals surface area contributed by atoms with Crippen LogP contribution < -0.4 is 0 Å². The number of carbonyl (C=O) groups excluding carboxylic acids is 1. The van der Waals surface area contributed by atoms with Gasteiger partial charge < -0.3 is 21.2 Å². The van der Waals surface area contributed by atoms with Crippen molar-refractivity contribution >= 4 is 48.3 Å². The highest BCUT2D eigenvalue weighted by Crippen LogP contribution is 2.32. The van der Waals surface area contributed by atoms with Gasteiger partial charge in [-0.15, -0.1) is 13.2 Å². The fraction of sp³-hybridized carbons (Fsp3) is 0.536. The highest BCUT2D eigenvalue weighted by atomic mass is 28.5. The van der Waals surface area contributed by atoms with E-state index >= 15 is 0 Å². The lowest BCUT2D eigenvalue weighted by atomic mass is 10.1. The van der Waals surface area contributed by atoms with Crippen LogP contribution >= 0.6 is 0 Å². The lowest BCUT2D eigenvalue weighted by Gasteiger charge is -2.44. The molecule has 0 N–H and O–H groups in total. The number of ether oxygens (including phenoxy) is 1. The van der Waals surface area contributed by atoms with E-state index in [1.807, 2.05) is 17.5 Å². The van der Waals surface area contributed by atoms with E-state index in [9.17, 15) is 4.79 Å². The maximum Gasteiger partial charge on any atom is 0.333 e. The second-order valence-corrected chi connectivity index (χ2v) is 30.9. The molecule has 0 aliphatic heterocycles. The van der Waals surface area contributed by atoms with Crippen molar-refractivity contribution in [3.8, 4) is 0 Å². The van der Waals surface area contributed by atoms with Gasteiger partial charge in [0.1, 0.15) is 0 Å². The normalized spacial score (nSPS) is 15.6. The third-order valence-electron chi connectivity index (χ3n) is 6.16. The van der Waals surface area contributed by atoms with E-state index in [1.165, 1.54) is 5.56 Å². The van der Waals surface area contributed by atoms with Crippen LogP contribution in [-0.2, 0) is 32.4 Å². The molecule has 0 fully saturated rings. The molecule has 0 saturated carbocycles. The highest BCUT2D eigenvalue weighted by Gasteiger charge is 2.49. The molecule has 0 heterocycles. The molecule has 1 aromatic rings. The Morgan fingerprint density at radius 2 is 1.28 bits per heavy atom. The SMILES string of the molecule is C=C[Si](C)(C)O[Si](C)(C)O[Si](C)(CCCc1ccccc1)O[Si](C)(CCCOC(=O)C(=C)C)O[Si](C)(C)C=C. The summed E-state index contributed by atoms with van der Waals surface area (Å²) in [5, 5.41) is 0. The van der Waals surface area contributed by atoms with Gasteiger partial charge in [-0.25, -0.2) is 4.79 Å². The summed E-state index contributed by atoms with van der Waals surface area (Å²) in [7, 11) is -12.3. The Labute approximate surface area is 243 Å². The zero-order valence-electron chi connectivity index (χ0n) is 25.9. The summed E-state index contributed by atoms with van der Waals surface area (Å²) in [6.45, 7) is 30.7. The molecule has 220 valence electrons. The lowest BCUT2D eigenvalue weighted by molar-refractivity contribution is -0.138. The molecule has 0 spiro atoms. The Balaban J connectivity index is 3.22. The third-order valence-corrected chi connectivity index (χ3v) is 25.7. The van der Waals surface area contributed by atoms with E-state index in [2.05, 4.69) is 96.4 Å². The first kappa shape index (κ1) is 35.9. The fourth-order valence-corrected chi connectivity index (χ4v) is 27.3. The minimum absolute atomic E-state index is 0.298. The van der Waals surface area contributed by atoms with Crippen molar-refractivity contribution < 1.29 is 26.0 Å². The van der Waals surface area contributed by atoms with E-state index in [1.54, 1.807) is 6.92 Å². The van der Waals surface area contributed by atoms with Gasteiger partial charge in [0, 0.05) is 5.57 Å². The molecule has 6 nitrogen and oxygen atoms in total. The van der Waals surface area contributed by atoms with E-state index in [0.717, 1.165) is 18.9 Å². The molecule has 1 aromatic carbocycles. The Morgan fingerprint density at radius 1 is 0.769 bits per heavy atom. The summed E-state index contributed by atoms with van der Waals surface area (Å²) in [5.74, 6) is -0.372. The fourth-order valence-electron chi connectivity index (χ4n) is 4.46. The van der Waals surface area contributed by atoms with Crippen molar-refractivity contribution in [3.05, 3.63) is 72.6 Å². The van der Waals surface area contributed by atoms with Crippen molar-refractivity contribution in [3.63, 3.8) is 0 Å². The summed E-state index contributed by atoms with van der Waals surface area (Å²) in [6, 6.07) is 12.0. The molecule has 2 atom stereocenters. The molecule has 1 rings (SSSR count). The van der Waals surface area contributed by atoms with Gasteiger partial charge in [0.15, 0.2) is 16.6 Å². The first-order chi connectivity index (χ1) is 17.9. The van der Waals surface area contributed by atoms with Crippen LogP contribution in [0.15, 0.2) is 67.0 Å². The molecule has 39 heavy (non-hydrogen) atoms. The minimum atomic E-state index is -2.77. The number of aryl methyl sites for hydroxylation is 1. The van der Waals surface area contributed by atoms with Gasteiger partial charge >= 0.3 is 31.7 Å². The Bertz CT molecular complexity index is 968. The molecule has 0 amide bonds. The molecular weight excluding hydrogens is 573 g/mol. The van der Waals surface area contributed by atoms with Crippen LogP contribution in [0.5, 0.6) is 0 Å². The van der Waals surface area contributed by atoms with Gasteiger partial charge in [-0.3, -0.25) is 0 Å². The molecule has 0 aliphatic rings. The Morgan fingerprint density at radius 3 is 1.82 bits per heavy atom. The molecule has 2 unspecified atom stereocenters. The third kappa shape index (κ3) is 14.3. The van der Waals surface area contributed by atoms with Crippen LogP contribution in [-0.4, -0.2) is 54.9 Å². The monoisotopic (exact) mass is 624 g/mol. The minimum Gasteiger partial charge on any atom is -0.462 e. The standard InChI is InChI=1S/C28H52O6Si5/c1-13-35(5,6)31-37(9,10)33-39(12,24-18-22-27-20-16-15-17-21-27)34-38(11,32-36(7,8)14-2)25-19-23-30-28(29)26(3)4/h13-17,20-21H,1-3,18-19,22-25H2,4-12H3. The predicted molar refractivity (Wildman–Crippen MR) is 175 cm³/mol. The largest absolute Gasteiger partial charge is 0.462 e. The first-order valence-electron chi connectivity index (χ1n) is 13.8. The van der Waals surface area contributed by atoms with Crippen molar-refractivity contribution in [2.24, 2.45) is 0 Å². The molecule has 0 radical (unpaired) electrons. The van der Waals surface area contributed by atoms with Crippen LogP contribution in [0.4, 0.5) is 0 Å². The number of carbonyl (C=O) groups is 1. The quantitative estimate of drug-likeness (QED) is 0.0675. The van der Waals surface area contributed by atoms with Crippen LogP contribution in [0.2, 0.25) is 64.5 Å². The van der Waals surface area contributed by atoms with Crippen LogP contribution in [0.1, 0.15) is 25.3 Å². The zero-order valence-corrected chi connectivity index (χ0v) is 30.9. The topological polar surface area (TPSA) is 63.2 Å². The van der Waals surface area contributed by atoms with Crippen molar-refractivity contribution in [2.75, 3.05) is 6.61 Å². The van der Waals surface area contributed by atoms with Crippen molar-refractivity contribution in [2.45, 2.75) is 90.7 Å². The lowest BCUT2D eigenvalue weighted by Crippen LogP contribution is -2.60. The van der Waals surface area contributed by atoms with E-state index < -0.39 is 42.3 Å². The molecule has 0 saturated heterocycles. The van der Waals surface area contributed by atoms with Crippen LogP contribution in [0.3, 0.4) is 0 Å². The number of hydrogen-bond acceptors (Lipinski definition) is 6. The molecule has 11 heteroatoms. The summed E-state index contributed by atoms with van der Waals surface area (Å²) in [5.41, 5.74) is 5.59. The Hall–Kier alpha value is -1.17. The summed E-state index contributed by atoms with van der Waals surface area (Å²) < 4.78 is 32.9. The maximum absolute atomic E-state index is 11.9. The average Bonchev–Trinajstić information content (AvgIpc) is 2.80. The summed E-state index contributed by atoms with van der Waals surface area (Å²) in [4.78, 5) is 11.9. The first-order valence-corrected chi connectivity index (χ1v) is 27.6. The van der Waals surface area contributed by atoms with Gasteiger partial charge in [0.25, 0.3) is 0 Å². The molecule has 0 aliphatic carbocycles. The zero-order chi connectivity index (χ0) is 30.0. The highest BCUT2D eigenvalue weighted by molar-refractivity contribution is 6.92. The predicted octanol–water partition coefficient (Wildman–Crippen LogP) is 7.90. The molecule has 0 bridgehead atoms. The van der Waals surface area contributed by atoms with Gasteiger partial charge in [0.05, 0.1) is 6.61 Å².